The second-order valence-electron chi connectivity index (χ2n) is 1.70. The number of hydrogen-bond donors (Lipinski definition) is 1. The highest BCUT2D eigenvalue weighted by Gasteiger charge is 1.84. The van der Waals surface area contributed by atoms with E-state index in [4.69, 9.17) is 0 Å². The zero-order valence-corrected chi connectivity index (χ0v) is 8.44. The molecule has 0 saturated carbocycles. The molecule has 0 unspecified atom stereocenters. The molecular formula is C10H21N. The van der Waals surface area contributed by atoms with Crippen molar-refractivity contribution >= 4 is 0 Å². The molecule has 0 saturated heterocycles. The van der Waals surface area contributed by atoms with Crippen molar-refractivity contribution in [3.63, 3.8) is 0 Å². The van der Waals surface area contributed by atoms with Gasteiger partial charge < -0.3 is 5.32 Å². The fourth-order valence-electron chi connectivity index (χ4n) is 0.581. The van der Waals surface area contributed by atoms with E-state index in [1.807, 2.05) is 33.9 Å². The lowest BCUT2D eigenvalue weighted by atomic mass is 10.2. The van der Waals surface area contributed by atoms with Crippen LogP contribution in [0.1, 0.15) is 34.6 Å². The van der Waals surface area contributed by atoms with Crippen LogP contribution < -0.4 is 5.32 Å². The first kappa shape index (κ1) is 12.9. The molecular weight excluding hydrogens is 134 g/mol. The first-order chi connectivity index (χ1) is 5.39. The molecule has 1 aliphatic heterocycles. The fourth-order valence-corrected chi connectivity index (χ4v) is 0.581. The molecule has 0 radical (unpaired) electrons. The Hall–Kier alpha value is -0.720. The molecule has 0 fully saturated rings. The monoisotopic (exact) mass is 155 g/mol. The molecule has 0 atom stereocenters. The Bertz CT molecular complexity index is 112. The van der Waals surface area contributed by atoms with Crippen LogP contribution in [-0.2, 0) is 0 Å². The predicted molar refractivity (Wildman–Crippen MR) is 53.6 cm³/mol. The molecule has 11 heavy (non-hydrogen) atoms. The van der Waals surface area contributed by atoms with Crippen LogP contribution >= 0.6 is 0 Å². The van der Waals surface area contributed by atoms with Crippen LogP contribution in [0.3, 0.4) is 0 Å². The third-order valence-electron chi connectivity index (χ3n) is 0.946. The van der Waals surface area contributed by atoms with Crippen molar-refractivity contribution < 1.29 is 0 Å². The molecule has 1 rings (SSSR count). The maximum absolute atomic E-state index is 3.09. The van der Waals surface area contributed by atoms with E-state index in [-0.39, 0.29) is 0 Å². The summed E-state index contributed by atoms with van der Waals surface area (Å²) in [5, 5.41) is 3.09. The fraction of sp³-hybridized carbons (Fsp3) is 0.600. The van der Waals surface area contributed by atoms with E-state index in [2.05, 4.69) is 24.4 Å². The Balaban J connectivity index is 0. The van der Waals surface area contributed by atoms with Gasteiger partial charge in [-0.2, -0.15) is 0 Å². The molecule has 1 N–H and O–H groups in total. The Kier molecular flexibility index (Phi) is 14.1. The molecule has 0 spiro atoms. The maximum atomic E-state index is 3.09. The third kappa shape index (κ3) is 9.28. The van der Waals surface area contributed by atoms with Crippen molar-refractivity contribution in [2.45, 2.75) is 34.6 Å². The van der Waals surface area contributed by atoms with Gasteiger partial charge in [-0.15, -0.1) is 0 Å². The van der Waals surface area contributed by atoms with Gasteiger partial charge in [-0.25, -0.2) is 0 Å². The first-order valence-electron chi connectivity index (χ1n) is 4.46. The number of dihydropyridines is 1. The molecule has 66 valence electrons. The van der Waals surface area contributed by atoms with Gasteiger partial charge in [0.25, 0.3) is 0 Å². The van der Waals surface area contributed by atoms with Crippen molar-refractivity contribution in [3.05, 3.63) is 23.9 Å². The van der Waals surface area contributed by atoms with Gasteiger partial charge in [0.1, 0.15) is 0 Å². The van der Waals surface area contributed by atoms with E-state index in [1.165, 1.54) is 5.57 Å². The lowest BCUT2D eigenvalue weighted by molar-refractivity contribution is 0.955. The zero-order chi connectivity index (χ0) is 9.11. The summed E-state index contributed by atoms with van der Waals surface area (Å²) in [4.78, 5) is 0. The highest BCUT2D eigenvalue weighted by atomic mass is 14.8. The lowest BCUT2D eigenvalue weighted by Crippen LogP contribution is -2.07. The largest absolute Gasteiger partial charge is 0.387 e. The topological polar surface area (TPSA) is 12.0 Å². The maximum Gasteiger partial charge on any atom is 0.0328 e. The Morgan fingerprint density at radius 1 is 1.18 bits per heavy atom. The lowest BCUT2D eigenvalue weighted by Gasteiger charge is -2.00. The molecule has 0 aromatic rings. The van der Waals surface area contributed by atoms with Crippen LogP contribution in [-0.4, -0.2) is 6.54 Å². The van der Waals surface area contributed by atoms with Gasteiger partial charge in [0.2, 0.25) is 0 Å². The summed E-state index contributed by atoms with van der Waals surface area (Å²) in [5.74, 6) is 0. The number of rotatable bonds is 0. The summed E-state index contributed by atoms with van der Waals surface area (Å²) in [6.07, 6.45) is 6.23. The minimum Gasteiger partial charge on any atom is -0.387 e. The van der Waals surface area contributed by atoms with Gasteiger partial charge in [-0.3, -0.25) is 0 Å². The number of nitrogens with one attached hydrogen (secondary N) is 1. The standard InChI is InChI=1S/C6H9N.2C2H6/c1-6-3-2-4-7-5-6;2*1-2/h2-3,5,7H,4H2,1H3;2*1-2H3. The summed E-state index contributed by atoms with van der Waals surface area (Å²) in [7, 11) is 0. The van der Waals surface area contributed by atoms with E-state index in [0.29, 0.717) is 0 Å². The van der Waals surface area contributed by atoms with Crippen molar-refractivity contribution in [2.24, 2.45) is 0 Å². The molecule has 0 bridgehead atoms. The van der Waals surface area contributed by atoms with Crippen LogP contribution in [0.25, 0.3) is 0 Å². The third-order valence-corrected chi connectivity index (χ3v) is 0.946. The molecule has 1 heteroatoms. The number of hydrogen-bond acceptors (Lipinski definition) is 1. The molecule has 0 aliphatic carbocycles. The van der Waals surface area contributed by atoms with Gasteiger partial charge in [-0.1, -0.05) is 39.8 Å². The average Bonchev–Trinajstić information content (AvgIpc) is 2.13. The van der Waals surface area contributed by atoms with Gasteiger partial charge >= 0.3 is 0 Å². The van der Waals surface area contributed by atoms with E-state index in [9.17, 15) is 0 Å². The molecule has 1 nitrogen and oxygen atoms in total. The second-order valence-corrected chi connectivity index (χ2v) is 1.70. The van der Waals surface area contributed by atoms with E-state index < -0.39 is 0 Å². The highest BCUT2D eigenvalue weighted by Crippen LogP contribution is 1.94. The average molecular weight is 155 g/mol. The first-order valence-corrected chi connectivity index (χ1v) is 4.46. The van der Waals surface area contributed by atoms with Crippen LogP contribution in [0.2, 0.25) is 0 Å². The summed E-state index contributed by atoms with van der Waals surface area (Å²) in [6.45, 7) is 11.1. The smallest absolute Gasteiger partial charge is 0.0328 e. The normalized spacial score (nSPS) is 12.6. The van der Waals surface area contributed by atoms with E-state index in [1.54, 1.807) is 0 Å². The Morgan fingerprint density at radius 3 is 1.91 bits per heavy atom. The summed E-state index contributed by atoms with van der Waals surface area (Å²) < 4.78 is 0. The molecule has 1 aliphatic rings. The van der Waals surface area contributed by atoms with Gasteiger partial charge in [-0.05, 0) is 18.7 Å². The quantitative estimate of drug-likeness (QED) is 0.567. The highest BCUT2D eigenvalue weighted by molar-refractivity contribution is 5.18. The van der Waals surface area contributed by atoms with Gasteiger partial charge in [0.05, 0.1) is 0 Å². The molecule has 1 heterocycles. The Morgan fingerprint density at radius 2 is 1.73 bits per heavy atom. The zero-order valence-electron chi connectivity index (χ0n) is 8.44. The molecule has 0 aromatic carbocycles. The summed E-state index contributed by atoms with van der Waals surface area (Å²) in [5.41, 5.74) is 1.30. The van der Waals surface area contributed by atoms with Crippen LogP contribution in [0.4, 0.5) is 0 Å². The van der Waals surface area contributed by atoms with Crippen molar-refractivity contribution in [1.29, 1.82) is 0 Å². The van der Waals surface area contributed by atoms with Crippen LogP contribution in [0.15, 0.2) is 23.9 Å². The Labute approximate surface area is 71.2 Å². The minimum absolute atomic E-state index is 0.983. The van der Waals surface area contributed by atoms with E-state index in [0.717, 1.165) is 6.54 Å². The molecule has 0 amide bonds. The summed E-state index contributed by atoms with van der Waals surface area (Å²) >= 11 is 0. The van der Waals surface area contributed by atoms with Crippen LogP contribution in [0, 0.1) is 0 Å². The minimum atomic E-state index is 0.983. The van der Waals surface area contributed by atoms with Gasteiger partial charge in [0, 0.05) is 6.54 Å². The van der Waals surface area contributed by atoms with E-state index >= 15 is 0 Å². The van der Waals surface area contributed by atoms with Crippen molar-refractivity contribution in [3.8, 4) is 0 Å². The van der Waals surface area contributed by atoms with Crippen LogP contribution in [0.5, 0.6) is 0 Å². The molecule has 0 aromatic heterocycles. The SMILES string of the molecule is CC.CC.CC1=CNCC=C1. The number of allylic oxidation sites excluding steroid dienone is 2. The van der Waals surface area contributed by atoms with Crippen molar-refractivity contribution in [2.75, 3.05) is 6.54 Å². The predicted octanol–water partition coefficient (Wildman–Crippen LogP) is 3.10. The van der Waals surface area contributed by atoms with Gasteiger partial charge in [0.15, 0.2) is 0 Å². The summed E-state index contributed by atoms with van der Waals surface area (Å²) in [6, 6.07) is 0. The van der Waals surface area contributed by atoms with Crippen molar-refractivity contribution in [1.82, 2.24) is 5.32 Å². The second kappa shape index (κ2) is 12.0.